The summed E-state index contributed by atoms with van der Waals surface area (Å²) in [5.74, 6) is 1.36. The van der Waals surface area contributed by atoms with Crippen molar-refractivity contribution in [1.29, 1.82) is 0 Å². The van der Waals surface area contributed by atoms with E-state index >= 15 is 0 Å². The number of nitrogens with zero attached hydrogens (tertiary/aromatic N) is 2. The molecule has 0 bridgehead atoms. The molecule has 1 heterocycles. The highest BCUT2D eigenvalue weighted by Gasteiger charge is 2.15. The van der Waals surface area contributed by atoms with E-state index in [9.17, 15) is 4.79 Å². The standard InChI is InChI=1S/C20H21N3O3S2/c1-12-6-5-7-13(2)18(12)21-19-22-23-20(28-19)27-11-16(24)15-9-8-14(25-3)10-17(15)26-4/h5-10H,11H2,1-4H3,(H,21,22). The smallest absolute Gasteiger partial charge is 0.210 e. The monoisotopic (exact) mass is 415 g/mol. The van der Waals surface area contributed by atoms with E-state index in [0.29, 0.717) is 22.2 Å². The van der Waals surface area contributed by atoms with Crippen molar-refractivity contribution in [3.63, 3.8) is 0 Å². The highest BCUT2D eigenvalue weighted by atomic mass is 32.2. The van der Waals surface area contributed by atoms with Gasteiger partial charge in [-0.25, -0.2) is 0 Å². The Balaban J connectivity index is 1.65. The molecular formula is C20H21N3O3S2. The van der Waals surface area contributed by atoms with Gasteiger partial charge in [-0.15, -0.1) is 10.2 Å². The van der Waals surface area contributed by atoms with E-state index in [4.69, 9.17) is 9.47 Å². The molecular weight excluding hydrogens is 394 g/mol. The molecule has 1 aromatic heterocycles. The minimum absolute atomic E-state index is 0.0380. The third-order valence-electron chi connectivity index (χ3n) is 4.16. The number of anilines is 2. The van der Waals surface area contributed by atoms with Crippen LogP contribution < -0.4 is 14.8 Å². The molecule has 1 N–H and O–H groups in total. The van der Waals surface area contributed by atoms with Gasteiger partial charge in [0.1, 0.15) is 11.5 Å². The van der Waals surface area contributed by atoms with Gasteiger partial charge < -0.3 is 14.8 Å². The number of aromatic nitrogens is 2. The summed E-state index contributed by atoms with van der Waals surface area (Å²) in [4.78, 5) is 12.6. The van der Waals surface area contributed by atoms with Crippen LogP contribution in [0.2, 0.25) is 0 Å². The number of aryl methyl sites for hydroxylation is 2. The predicted octanol–water partition coefficient (Wildman–Crippen LogP) is 4.89. The maximum Gasteiger partial charge on any atom is 0.210 e. The second-order valence-electron chi connectivity index (χ2n) is 6.04. The molecule has 0 spiro atoms. The first kappa shape index (κ1) is 20.2. The predicted molar refractivity (Wildman–Crippen MR) is 114 cm³/mol. The Morgan fingerprint density at radius 2 is 1.86 bits per heavy atom. The molecule has 3 rings (SSSR count). The van der Waals surface area contributed by atoms with E-state index in [0.717, 1.165) is 21.2 Å². The highest BCUT2D eigenvalue weighted by molar-refractivity contribution is 8.01. The van der Waals surface area contributed by atoms with Crippen molar-refractivity contribution in [2.45, 2.75) is 18.2 Å². The molecule has 0 aliphatic heterocycles. The molecule has 8 heteroatoms. The molecule has 0 atom stereocenters. The number of ether oxygens (including phenoxy) is 2. The van der Waals surface area contributed by atoms with Crippen molar-refractivity contribution in [2.24, 2.45) is 0 Å². The van der Waals surface area contributed by atoms with E-state index in [1.165, 1.54) is 30.2 Å². The lowest BCUT2D eigenvalue weighted by molar-refractivity contribution is 0.101. The lowest BCUT2D eigenvalue weighted by Gasteiger charge is -2.09. The molecule has 0 aliphatic rings. The largest absolute Gasteiger partial charge is 0.497 e. The molecule has 2 aromatic carbocycles. The fourth-order valence-corrected chi connectivity index (χ4v) is 4.31. The SMILES string of the molecule is COc1ccc(C(=O)CSc2nnc(Nc3c(C)cccc3C)s2)c(OC)c1. The molecule has 0 amide bonds. The van der Waals surface area contributed by atoms with Crippen LogP contribution in [-0.2, 0) is 0 Å². The molecule has 6 nitrogen and oxygen atoms in total. The first-order chi connectivity index (χ1) is 13.5. The van der Waals surface area contributed by atoms with Crippen LogP contribution in [0.4, 0.5) is 10.8 Å². The summed E-state index contributed by atoms with van der Waals surface area (Å²) in [6.45, 7) is 4.10. The summed E-state index contributed by atoms with van der Waals surface area (Å²) < 4.78 is 11.2. The van der Waals surface area contributed by atoms with E-state index in [1.807, 2.05) is 32.0 Å². The Labute approximate surface area is 172 Å². The van der Waals surface area contributed by atoms with Gasteiger partial charge in [0.2, 0.25) is 5.13 Å². The van der Waals surface area contributed by atoms with Crippen LogP contribution in [0, 0.1) is 13.8 Å². The number of Topliss-reactive ketones (excluding diaryl/α,β-unsaturated/α-hetero) is 1. The number of benzene rings is 2. The molecule has 0 aliphatic carbocycles. The minimum atomic E-state index is -0.0380. The Bertz CT molecular complexity index is 968. The molecule has 0 fully saturated rings. The average molecular weight is 416 g/mol. The number of thioether (sulfide) groups is 1. The van der Waals surface area contributed by atoms with Crippen LogP contribution in [0.25, 0.3) is 0 Å². The summed E-state index contributed by atoms with van der Waals surface area (Å²) >= 11 is 2.79. The molecule has 0 saturated heterocycles. The number of carbonyl (C=O) groups excluding carboxylic acids is 1. The zero-order chi connectivity index (χ0) is 20.1. The van der Waals surface area contributed by atoms with E-state index in [1.54, 1.807) is 25.3 Å². The van der Waals surface area contributed by atoms with Gasteiger partial charge in [0.05, 0.1) is 25.5 Å². The number of nitrogens with one attached hydrogen (secondary N) is 1. The van der Waals surface area contributed by atoms with E-state index in [2.05, 4.69) is 15.5 Å². The van der Waals surface area contributed by atoms with Gasteiger partial charge in [0, 0.05) is 11.8 Å². The number of methoxy groups -OCH3 is 2. The summed E-state index contributed by atoms with van der Waals surface area (Å²) in [6, 6.07) is 11.3. The van der Waals surface area contributed by atoms with Crippen molar-refractivity contribution in [3.8, 4) is 11.5 Å². The van der Waals surface area contributed by atoms with Gasteiger partial charge in [-0.2, -0.15) is 0 Å². The van der Waals surface area contributed by atoms with Crippen molar-refractivity contribution in [2.75, 3.05) is 25.3 Å². The number of hydrogen-bond acceptors (Lipinski definition) is 8. The first-order valence-corrected chi connectivity index (χ1v) is 10.4. The Morgan fingerprint density at radius 1 is 1.11 bits per heavy atom. The van der Waals surface area contributed by atoms with Gasteiger partial charge in [-0.05, 0) is 37.1 Å². The van der Waals surface area contributed by atoms with Gasteiger partial charge in [0.15, 0.2) is 10.1 Å². The second-order valence-corrected chi connectivity index (χ2v) is 8.24. The van der Waals surface area contributed by atoms with Gasteiger partial charge in [-0.3, -0.25) is 4.79 Å². The number of hydrogen-bond donors (Lipinski definition) is 1. The molecule has 0 unspecified atom stereocenters. The Morgan fingerprint density at radius 3 is 2.54 bits per heavy atom. The molecule has 28 heavy (non-hydrogen) atoms. The van der Waals surface area contributed by atoms with E-state index < -0.39 is 0 Å². The summed E-state index contributed by atoms with van der Waals surface area (Å²) in [6.07, 6.45) is 0. The van der Waals surface area contributed by atoms with Gasteiger partial charge in [-0.1, -0.05) is 41.3 Å². The maximum atomic E-state index is 12.6. The van der Waals surface area contributed by atoms with Gasteiger partial charge >= 0.3 is 0 Å². The Hall–Kier alpha value is -2.58. The molecule has 146 valence electrons. The highest BCUT2D eigenvalue weighted by Crippen LogP contribution is 2.31. The third kappa shape index (κ3) is 4.63. The topological polar surface area (TPSA) is 73.3 Å². The minimum Gasteiger partial charge on any atom is -0.497 e. The summed E-state index contributed by atoms with van der Waals surface area (Å²) in [5, 5.41) is 12.4. The summed E-state index contributed by atoms with van der Waals surface area (Å²) in [7, 11) is 3.11. The lowest BCUT2D eigenvalue weighted by atomic mass is 10.1. The Kier molecular flexibility index (Phi) is 6.53. The zero-order valence-corrected chi connectivity index (χ0v) is 17.7. The van der Waals surface area contributed by atoms with Crippen LogP contribution in [0.3, 0.4) is 0 Å². The van der Waals surface area contributed by atoms with E-state index in [-0.39, 0.29) is 11.5 Å². The van der Waals surface area contributed by atoms with Crippen molar-refractivity contribution >= 4 is 39.7 Å². The number of carbonyl (C=O) groups is 1. The fraction of sp³-hybridized carbons (Fsp3) is 0.250. The normalized spacial score (nSPS) is 10.6. The quantitative estimate of drug-likeness (QED) is 0.415. The molecule has 3 aromatic rings. The van der Waals surface area contributed by atoms with Crippen LogP contribution in [-0.4, -0.2) is 36.0 Å². The van der Waals surface area contributed by atoms with Crippen molar-refractivity contribution in [3.05, 3.63) is 53.1 Å². The summed E-state index contributed by atoms with van der Waals surface area (Å²) in [5.41, 5.74) is 3.85. The van der Waals surface area contributed by atoms with Crippen LogP contribution in [0.15, 0.2) is 40.7 Å². The number of ketones is 1. The van der Waals surface area contributed by atoms with Crippen LogP contribution >= 0.6 is 23.1 Å². The van der Waals surface area contributed by atoms with Gasteiger partial charge in [0.25, 0.3) is 0 Å². The van der Waals surface area contributed by atoms with Crippen molar-refractivity contribution < 1.29 is 14.3 Å². The second kappa shape index (κ2) is 9.07. The zero-order valence-electron chi connectivity index (χ0n) is 16.1. The number of para-hydroxylation sites is 1. The van der Waals surface area contributed by atoms with Crippen molar-refractivity contribution in [1.82, 2.24) is 10.2 Å². The molecule has 0 saturated carbocycles. The maximum absolute atomic E-state index is 12.6. The van der Waals surface area contributed by atoms with Crippen LogP contribution in [0.1, 0.15) is 21.5 Å². The average Bonchev–Trinajstić information content (AvgIpc) is 3.16. The van der Waals surface area contributed by atoms with Crippen LogP contribution in [0.5, 0.6) is 11.5 Å². The first-order valence-electron chi connectivity index (χ1n) is 8.56. The third-order valence-corrected chi connectivity index (χ3v) is 6.13. The lowest BCUT2D eigenvalue weighted by Crippen LogP contribution is -2.05. The number of rotatable bonds is 8. The molecule has 0 radical (unpaired) electrons. The fourth-order valence-electron chi connectivity index (χ4n) is 2.67.